The first-order chi connectivity index (χ1) is 12.0. The van der Waals surface area contributed by atoms with Gasteiger partial charge in [-0.05, 0) is 48.7 Å². The Hall–Kier alpha value is -2.80. The lowest BCUT2D eigenvalue weighted by Crippen LogP contribution is -2.36. The van der Waals surface area contributed by atoms with Crippen molar-refractivity contribution in [2.75, 3.05) is 0 Å². The molecule has 0 unspecified atom stereocenters. The minimum absolute atomic E-state index is 0.292. The molecular formula is C18H16FN3O2S. The topological polar surface area (TPSA) is 64.0 Å². The lowest BCUT2D eigenvalue weighted by molar-refractivity contribution is -0.124. The molecule has 2 aromatic heterocycles. The highest BCUT2D eigenvalue weighted by Crippen LogP contribution is 2.16. The van der Waals surface area contributed by atoms with E-state index in [4.69, 9.17) is 0 Å². The number of nitrogens with zero attached hydrogens (tertiary/aromatic N) is 2. The molecule has 1 N–H and O–H groups in total. The zero-order valence-corrected chi connectivity index (χ0v) is 14.3. The predicted octanol–water partition coefficient (Wildman–Crippen LogP) is 2.99. The van der Waals surface area contributed by atoms with Crippen LogP contribution in [0.15, 0.2) is 58.7 Å². The third-order valence-corrected chi connectivity index (χ3v) is 4.60. The highest BCUT2D eigenvalue weighted by atomic mass is 32.1. The highest BCUT2D eigenvalue weighted by molar-refractivity contribution is 7.09. The summed E-state index contributed by atoms with van der Waals surface area (Å²) in [5.41, 5.74) is 0.795. The van der Waals surface area contributed by atoms with Crippen LogP contribution in [-0.2, 0) is 11.3 Å². The summed E-state index contributed by atoms with van der Waals surface area (Å²) in [4.78, 5) is 25.5. The fourth-order valence-corrected chi connectivity index (χ4v) is 2.97. The van der Waals surface area contributed by atoms with Crippen molar-refractivity contribution in [3.05, 3.63) is 75.0 Å². The van der Waals surface area contributed by atoms with Gasteiger partial charge < -0.3 is 5.32 Å². The number of carbonyl (C=O) groups is 1. The van der Waals surface area contributed by atoms with Gasteiger partial charge in [0.15, 0.2) is 0 Å². The number of benzene rings is 1. The van der Waals surface area contributed by atoms with E-state index in [-0.39, 0.29) is 17.3 Å². The molecule has 3 rings (SSSR count). The van der Waals surface area contributed by atoms with Crippen LogP contribution in [0.25, 0.3) is 11.3 Å². The summed E-state index contributed by atoms with van der Waals surface area (Å²) in [5, 5.41) is 8.99. The SMILES string of the molecule is C[C@@H](C(=O)NCc1cccs1)n1nc(-c2ccc(F)cc2)ccc1=O. The summed E-state index contributed by atoms with van der Waals surface area (Å²) in [7, 11) is 0. The van der Waals surface area contributed by atoms with Gasteiger partial charge in [0, 0.05) is 16.5 Å². The molecule has 25 heavy (non-hydrogen) atoms. The Kier molecular flexibility index (Phi) is 5.04. The second-order valence-electron chi connectivity index (χ2n) is 5.48. The molecule has 1 aromatic carbocycles. The van der Waals surface area contributed by atoms with Gasteiger partial charge in [-0.15, -0.1) is 11.3 Å². The second kappa shape index (κ2) is 7.40. The van der Waals surface area contributed by atoms with Crippen LogP contribution in [0.4, 0.5) is 4.39 Å². The third kappa shape index (κ3) is 4.00. The fraction of sp³-hybridized carbons (Fsp3) is 0.167. The van der Waals surface area contributed by atoms with Gasteiger partial charge in [-0.1, -0.05) is 6.07 Å². The van der Waals surface area contributed by atoms with Crippen LogP contribution >= 0.6 is 11.3 Å². The molecule has 1 atom stereocenters. The molecule has 128 valence electrons. The number of thiophene rings is 1. The monoisotopic (exact) mass is 357 g/mol. The van der Waals surface area contributed by atoms with E-state index in [1.165, 1.54) is 18.2 Å². The van der Waals surface area contributed by atoms with Crippen LogP contribution < -0.4 is 10.9 Å². The molecule has 0 aliphatic heterocycles. The summed E-state index contributed by atoms with van der Waals surface area (Å²) < 4.78 is 14.2. The van der Waals surface area contributed by atoms with Crippen LogP contribution in [0.5, 0.6) is 0 Å². The number of nitrogens with one attached hydrogen (secondary N) is 1. The summed E-state index contributed by atoms with van der Waals surface area (Å²) in [6.45, 7) is 2.03. The number of hydrogen-bond acceptors (Lipinski definition) is 4. The Balaban J connectivity index is 1.80. The number of hydrogen-bond donors (Lipinski definition) is 1. The Bertz CT molecular complexity index is 920. The first-order valence-corrected chi connectivity index (χ1v) is 8.58. The summed E-state index contributed by atoms with van der Waals surface area (Å²) in [6, 6.07) is 11.8. The minimum Gasteiger partial charge on any atom is -0.349 e. The number of amides is 1. The van der Waals surface area contributed by atoms with Crippen LogP contribution in [0.2, 0.25) is 0 Å². The van der Waals surface area contributed by atoms with E-state index >= 15 is 0 Å². The second-order valence-corrected chi connectivity index (χ2v) is 6.51. The molecule has 0 aliphatic carbocycles. The van der Waals surface area contributed by atoms with E-state index < -0.39 is 6.04 Å². The number of halogens is 1. The van der Waals surface area contributed by atoms with Crippen molar-refractivity contribution in [1.29, 1.82) is 0 Å². The molecule has 0 saturated heterocycles. The summed E-state index contributed by atoms with van der Waals surface area (Å²) in [5.74, 6) is -0.641. The molecule has 0 saturated carbocycles. The normalized spacial score (nSPS) is 11.9. The van der Waals surface area contributed by atoms with E-state index in [9.17, 15) is 14.0 Å². The molecule has 0 aliphatic rings. The molecule has 7 heteroatoms. The van der Waals surface area contributed by atoms with Crippen molar-refractivity contribution in [2.24, 2.45) is 0 Å². The largest absolute Gasteiger partial charge is 0.349 e. The third-order valence-electron chi connectivity index (χ3n) is 3.73. The smallest absolute Gasteiger partial charge is 0.267 e. The van der Waals surface area contributed by atoms with E-state index in [1.807, 2.05) is 17.5 Å². The average Bonchev–Trinajstić information content (AvgIpc) is 3.14. The van der Waals surface area contributed by atoms with Crippen molar-refractivity contribution >= 4 is 17.2 Å². The van der Waals surface area contributed by atoms with E-state index in [1.54, 1.807) is 36.5 Å². The highest BCUT2D eigenvalue weighted by Gasteiger charge is 2.18. The quantitative estimate of drug-likeness (QED) is 0.763. The van der Waals surface area contributed by atoms with Gasteiger partial charge in [-0.25, -0.2) is 9.07 Å². The molecule has 3 aromatic rings. The van der Waals surface area contributed by atoms with Gasteiger partial charge >= 0.3 is 0 Å². The van der Waals surface area contributed by atoms with Crippen molar-refractivity contribution < 1.29 is 9.18 Å². The first-order valence-electron chi connectivity index (χ1n) is 7.70. The van der Waals surface area contributed by atoms with Gasteiger partial charge in [0.2, 0.25) is 5.91 Å². The Morgan fingerprint density at radius 2 is 2.00 bits per heavy atom. The van der Waals surface area contributed by atoms with Gasteiger partial charge in [0.1, 0.15) is 11.9 Å². The molecule has 0 fully saturated rings. The zero-order valence-electron chi connectivity index (χ0n) is 13.5. The van der Waals surface area contributed by atoms with Crippen LogP contribution in [0.3, 0.4) is 0 Å². The standard InChI is InChI=1S/C18H16FN3O2S/c1-12(18(24)20-11-15-3-2-10-25-15)22-17(23)9-8-16(21-22)13-4-6-14(19)7-5-13/h2-10,12H,11H2,1H3,(H,20,24)/t12-/m0/s1. The van der Waals surface area contributed by atoms with Gasteiger partial charge in [0.25, 0.3) is 5.56 Å². The Morgan fingerprint density at radius 1 is 1.24 bits per heavy atom. The molecule has 1 amide bonds. The maximum atomic E-state index is 13.1. The molecule has 5 nitrogen and oxygen atoms in total. The lowest BCUT2D eigenvalue weighted by Gasteiger charge is -2.14. The minimum atomic E-state index is -0.757. The van der Waals surface area contributed by atoms with E-state index in [0.29, 0.717) is 17.8 Å². The van der Waals surface area contributed by atoms with Crippen molar-refractivity contribution in [3.8, 4) is 11.3 Å². The molecule has 0 radical (unpaired) electrons. The maximum absolute atomic E-state index is 13.1. The van der Waals surface area contributed by atoms with Crippen LogP contribution in [0, 0.1) is 5.82 Å². The molecule has 2 heterocycles. The number of carbonyl (C=O) groups excluding carboxylic acids is 1. The lowest BCUT2D eigenvalue weighted by atomic mass is 10.1. The zero-order chi connectivity index (χ0) is 17.8. The van der Waals surface area contributed by atoms with Crippen LogP contribution in [0.1, 0.15) is 17.8 Å². The molecule has 0 bridgehead atoms. The fourth-order valence-electron chi connectivity index (χ4n) is 2.32. The van der Waals surface area contributed by atoms with Crippen LogP contribution in [-0.4, -0.2) is 15.7 Å². The maximum Gasteiger partial charge on any atom is 0.267 e. The molecule has 0 spiro atoms. The first kappa shape index (κ1) is 17.0. The van der Waals surface area contributed by atoms with Crippen molar-refractivity contribution in [2.45, 2.75) is 19.5 Å². The average molecular weight is 357 g/mol. The number of aromatic nitrogens is 2. The van der Waals surface area contributed by atoms with Gasteiger partial charge in [-0.3, -0.25) is 9.59 Å². The predicted molar refractivity (Wildman–Crippen MR) is 94.8 cm³/mol. The van der Waals surface area contributed by atoms with E-state index in [2.05, 4.69) is 10.4 Å². The van der Waals surface area contributed by atoms with Gasteiger partial charge in [0.05, 0.1) is 12.2 Å². The van der Waals surface area contributed by atoms with E-state index in [0.717, 1.165) is 9.56 Å². The van der Waals surface area contributed by atoms with Crippen molar-refractivity contribution in [3.63, 3.8) is 0 Å². The summed E-state index contributed by atoms with van der Waals surface area (Å²) >= 11 is 1.55. The number of rotatable bonds is 5. The Morgan fingerprint density at radius 3 is 2.68 bits per heavy atom. The van der Waals surface area contributed by atoms with Gasteiger partial charge in [-0.2, -0.15) is 5.10 Å². The van der Waals surface area contributed by atoms with Crippen molar-refractivity contribution in [1.82, 2.24) is 15.1 Å². The summed E-state index contributed by atoms with van der Waals surface area (Å²) in [6.07, 6.45) is 0. The molecular weight excluding hydrogens is 341 g/mol. The Labute approximate surface area is 147 Å².